The third-order valence-corrected chi connectivity index (χ3v) is 3.38. The highest BCUT2D eigenvalue weighted by Crippen LogP contribution is 2.15. The minimum absolute atomic E-state index is 0.467. The molecule has 1 aromatic carbocycles. The Kier molecular flexibility index (Phi) is 4.90. The number of methoxy groups -OCH3 is 1. The summed E-state index contributed by atoms with van der Waals surface area (Å²) in [6.07, 6.45) is 2.56. The van der Waals surface area contributed by atoms with Crippen molar-refractivity contribution >= 4 is 17.6 Å². The highest BCUT2D eigenvalue weighted by atomic mass is 16.5. The Labute approximate surface area is 140 Å². The highest BCUT2D eigenvalue weighted by molar-refractivity contribution is 5.49. The van der Waals surface area contributed by atoms with Crippen LogP contribution in [0, 0.1) is 6.92 Å². The van der Waals surface area contributed by atoms with E-state index in [1.54, 1.807) is 19.4 Å². The number of ether oxygens (including phenoxy) is 1. The van der Waals surface area contributed by atoms with E-state index >= 15 is 0 Å². The second kappa shape index (κ2) is 7.45. The summed E-state index contributed by atoms with van der Waals surface area (Å²) in [6.45, 7) is 2.59. The molecule has 3 aromatic rings. The molecule has 2 heterocycles. The van der Waals surface area contributed by atoms with Gasteiger partial charge >= 0.3 is 0 Å². The molecular formula is C17H19N5O2. The van der Waals surface area contributed by atoms with Gasteiger partial charge in [-0.1, -0.05) is 17.3 Å². The second-order valence-electron chi connectivity index (χ2n) is 5.24. The molecule has 0 amide bonds. The van der Waals surface area contributed by atoms with Crippen molar-refractivity contribution in [3.63, 3.8) is 0 Å². The zero-order valence-corrected chi connectivity index (χ0v) is 13.6. The third-order valence-electron chi connectivity index (χ3n) is 3.38. The molecule has 2 aromatic heterocycles. The average molecular weight is 325 g/mol. The van der Waals surface area contributed by atoms with E-state index in [0.717, 1.165) is 30.3 Å². The van der Waals surface area contributed by atoms with Crippen molar-refractivity contribution in [3.8, 4) is 5.75 Å². The maximum Gasteiger partial charge on any atom is 0.230 e. The van der Waals surface area contributed by atoms with Gasteiger partial charge in [-0.05, 0) is 37.1 Å². The van der Waals surface area contributed by atoms with Crippen molar-refractivity contribution in [1.29, 1.82) is 0 Å². The summed E-state index contributed by atoms with van der Waals surface area (Å²) >= 11 is 0. The van der Waals surface area contributed by atoms with Gasteiger partial charge in [0.2, 0.25) is 5.95 Å². The lowest BCUT2D eigenvalue weighted by Crippen LogP contribution is -2.08. The molecule has 0 radical (unpaired) electrons. The lowest BCUT2D eigenvalue weighted by atomic mass is 10.1. The molecule has 0 aliphatic heterocycles. The van der Waals surface area contributed by atoms with Gasteiger partial charge in [0.1, 0.15) is 17.3 Å². The van der Waals surface area contributed by atoms with E-state index < -0.39 is 0 Å². The van der Waals surface area contributed by atoms with Crippen LogP contribution in [-0.2, 0) is 6.42 Å². The first-order valence-electron chi connectivity index (χ1n) is 7.63. The van der Waals surface area contributed by atoms with E-state index in [1.807, 2.05) is 31.2 Å². The van der Waals surface area contributed by atoms with E-state index in [2.05, 4.69) is 31.8 Å². The molecule has 124 valence electrons. The summed E-state index contributed by atoms with van der Waals surface area (Å²) in [5, 5.41) is 10.2. The van der Waals surface area contributed by atoms with Crippen LogP contribution in [0.1, 0.15) is 11.3 Å². The van der Waals surface area contributed by atoms with Crippen LogP contribution in [0.25, 0.3) is 0 Å². The maximum atomic E-state index is 5.23. The van der Waals surface area contributed by atoms with Crippen LogP contribution < -0.4 is 15.4 Å². The smallest absolute Gasteiger partial charge is 0.230 e. The quantitative estimate of drug-likeness (QED) is 0.690. The topological polar surface area (TPSA) is 85.1 Å². The molecule has 0 aliphatic rings. The number of aromatic nitrogens is 3. The molecule has 0 unspecified atom stereocenters. The standard InChI is InChI=1S/C17H19N5O2/c1-12-10-16(22-24-12)21-17-19-9-7-15(20-17)18-8-6-13-4-3-5-14(11-13)23-2/h3-5,7,9-11H,6,8H2,1-2H3,(H2,18,19,20,21,22). The Morgan fingerprint density at radius 3 is 2.88 bits per heavy atom. The fourth-order valence-electron chi connectivity index (χ4n) is 2.22. The van der Waals surface area contributed by atoms with Crippen molar-refractivity contribution in [3.05, 3.63) is 53.9 Å². The zero-order valence-electron chi connectivity index (χ0n) is 13.6. The van der Waals surface area contributed by atoms with E-state index in [1.165, 1.54) is 5.56 Å². The van der Waals surface area contributed by atoms with Gasteiger partial charge in [0.15, 0.2) is 5.82 Å². The number of rotatable bonds is 7. The summed E-state index contributed by atoms with van der Waals surface area (Å²) in [5.41, 5.74) is 1.20. The Morgan fingerprint density at radius 2 is 2.08 bits per heavy atom. The fraction of sp³-hybridized carbons (Fsp3) is 0.235. The Hall–Kier alpha value is -3.09. The number of aryl methyl sites for hydroxylation is 1. The summed E-state index contributed by atoms with van der Waals surface area (Å²) in [7, 11) is 1.67. The van der Waals surface area contributed by atoms with E-state index in [9.17, 15) is 0 Å². The normalized spacial score (nSPS) is 10.4. The van der Waals surface area contributed by atoms with Crippen LogP contribution >= 0.6 is 0 Å². The number of hydrogen-bond donors (Lipinski definition) is 2. The molecule has 0 fully saturated rings. The van der Waals surface area contributed by atoms with E-state index in [4.69, 9.17) is 9.26 Å². The van der Waals surface area contributed by atoms with Crippen molar-refractivity contribution < 1.29 is 9.26 Å². The molecule has 0 atom stereocenters. The van der Waals surface area contributed by atoms with Gasteiger partial charge in [0.25, 0.3) is 0 Å². The summed E-state index contributed by atoms with van der Waals surface area (Å²) < 4.78 is 10.2. The van der Waals surface area contributed by atoms with Crippen molar-refractivity contribution in [1.82, 2.24) is 15.1 Å². The van der Waals surface area contributed by atoms with Crippen LogP contribution in [0.3, 0.4) is 0 Å². The highest BCUT2D eigenvalue weighted by Gasteiger charge is 2.04. The SMILES string of the molecule is COc1cccc(CCNc2ccnc(Nc3cc(C)on3)n2)c1. The number of nitrogens with one attached hydrogen (secondary N) is 2. The second-order valence-corrected chi connectivity index (χ2v) is 5.24. The first-order valence-corrected chi connectivity index (χ1v) is 7.63. The number of hydrogen-bond acceptors (Lipinski definition) is 7. The van der Waals surface area contributed by atoms with Gasteiger partial charge in [0, 0.05) is 18.8 Å². The van der Waals surface area contributed by atoms with Crippen LogP contribution in [0.4, 0.5) is 17.6 Å². The van der Waals surface area contributed by atoms with Crippen LogP contribution in [0.5, 0.6) is 5.75 Å². The molecule has 7 nitrogen and oxygen atoms in total. The largest absolute Gasteiger partial charge is 0.497 e. The summed E-state index contributed by atoms with van der Waals surface area (Å²) in [5.74, 6) is 3.39. The van der Waals surface area contributed by atoms with Crippen molar-refractivity contribution in [2.24, 2.45) is 0 Å². The average Bonchev–Trinajstić information content (AvgIpc) is 3.00. The Bertz CT molecular complexity index is 803. The van der Waals surface area contributed by atoms with Gasteiger partial charge in [-0.15, -0.1) is 0 Å². The Morgan fingerprint density at radius 1 is 1.17 bits per heavy atom. The Balaban J connectivity index is 1.56. The van der Waals surface area contributed by atoms with Crippen LogP contribution in [-0.4, -0.2) is 28.8 Å². The lowest BCUT2D eigenvalue weighted by Gasteiger charge is -2.08. The molecule has 0 saturated heterocycles. The van der Waals surface area contributed by atoms with Gasteiger partial charge in [-0.3, -0.25) is 0 Å². The molecule has 0 bridgehead atoms. The van der Waals surface area contributed by atoms with Gasteiger partial charge in [0.05, 0.1) is 7.11 Å². The van der Waals surface area contributed by atoms with Gasteiger partial charge < -0.3 is 19.9 Å². The first-order chi connectivity index (χ1) is 11.7. The predicted octanol–water partition coefficient (Wildman–Crippen LogP) is 3.18. The van der Waals surface area contributed by atoms with Crippen molar-refractivity contribution in [2.45, 2.75) is 13.3 Å². The minimum Gasteiger partial charge on any atom is -0.497 e. The van der Waals surface area contributed by atoms with Crippen molar-refractivity contribution in [2.75, 3.05) is 24.3 Å². The molecule has 3 rings (SSSR count). The maximum absolute atomic E-state index is 5.23. The molecular weight excluding hydrogens is 306 g/mol. The number of nitrogens with zero attached hydrogens (tertiary/aromatic N) is 3. The number of anilines is 3. The third kappa shape index (κ3) is 4.22. The number of benzene rings is 1. The lowest BCUT2D eigenvalue weighted by molar-refractivity contribution is 0.400. The minimum atomic E-state index is 0.467. The monoisotopic (exact) mass is 325 g/mol. The van der Waals surface area contributed by atoms with Crippen LogP contribution in [0.2, 0.25) is 0 Å². The molecule has 0 spiro atoms. The van der Waals surface area contributed by atoms with Crippen LogP contribution in [0.15, 0.2) is 47.1 Å². The first kappa shape index (κ1) is 15.8. The zero-order chi connectivity index (χ0) is 16.8. The van der Waals surface area contributed by atoms with Gasteiger partial charge in [-0.25, -0.2) is 4.98 Å². The predicted molar refractivity (Wildman–Crippen MR) is 91.7 cm³/mol. The summed E-state index contributed by atoms with van der Waals surface area (Å²) in [6, 6.07) is 11.6. The molecule has 0 aliphatic carbocycles. The molecule has 2 N–H and O–H groups in total. The molecule has 24 heavy (non-hydrogen) atoms. The molecule has 7 heteroatoms. The molecule has 0 saturated carbocycles. The van der Waals surface area contributed by atoms with Gasteiger partial charge in [-0.2, -0.15) is 4.98 Å². The van der Waals surface area contributed by atoms with E-state index in [-0.39, 0.29) is 0 Å². The summed E-state index contributed by atoms with van der Waals surface area (Å²) in [4.78, 5) is 8.57. The van der Waals surface area contributed by atoms with E-state index in [0.29, 0.717) is 11.8 Å². The fourth-order valence-corrected chi connectivity index (χ4v) is 2.22.